The van der Waals surface area contributed by atoms with Crippen molar-refractivity contribution in [2.75, 3.05) is 11.1 Å². The molecular formula is C13H22N2. The second kappa shape index (κ2) is 5.06. The van der Waals surface area contributed by atoms with Gasteiger partial charge in [-0.3, -0.25) is 0 Å². The van der Waals surface area contributed by atoms with E-state index in [4.69, 9.17) is 5.73 Å². The predicted molar refractivity (Wildman–Crippen MR) is 68.1 cm³/mol. The van der Waals surface area contributed by atoms with Gasteiger partial charge in [0.15, 0.2) is 0 Å². The van der Waals surface area contributed by atoms with E-state index in [9.17, 15) is 0 Å². The van der Waals surface area contributed by atoms with Crippen molar-refractivity contribution in [2.45, 2.75) is 40.2 Å². The molecule has 2 nitrogen and oxygen atoms in total. The summed E-state index contributed by atoms with van der Waals surface area (Å²) in [4.78, 5) is 0. The molecule has 0 spiro atoms. The third kappa shape index (κ3) is 2.88. The number of nitrogen functional groups attached to an aromatic ring is 1. The van der Waals surface area contributed by atoms with Crippen LogP contribution in [0.15, 0.2) is 18.2 Å². The average molecular weight is 206 g/mol. The first kappa shape index (κ1) is 11.9. The molecule has 0 fully saturated rings. The predicted octanol–water partition coefficient (Wildman–Crippen LogP) is 3.42. The van der Waals surface area contributed by atoms with Crippen LogP contribution in [-0.4, -0.2) is 6.04 Å². The number of rotatable bonds is 4. The quantitative estimate of drug-likeness (QED) is 0.741. The molecule has 0 aliphatic carbocycles. The van der Waals surface area contributed by atoms with Crippen molar-refractivity contribution < 1.29 is 0 Å². The molecule has 2 heteroatoms. The summed E-state index contributed by atoms with van der Waals surface area (Å²) in [6.07, 6.45) is 1.18. The zero-order chi connectivity index (χ0) is 11.4. The van der Waals surface area contributed by atoms with E-state index in [0.29, 0.717) is 12.0 Å². The molecule has 1 aromatic rings. The molecule has 1 aromatic carbocycles. The highest BCUT2D eigenvalue weighted by Gasteiger charge is 2.12. The smallest absolute Gasteiger partial charge is 0.0605 e. The first-order chi connectivity index (χ1) is 7.06. The topological polar surface area (TPSA) is 38.0 Å². The first-order valence-corrected chi connectivity index (χ1v) is 5.67. The number of hydrogen-bond donors (Lipinski definition) is 2. The summed E-state index contributed by atoms with van der Waals surface area (Å²) < 4.78 is 0. The summed E-state index contributed by atoms with van der Waals surface area (Å²) in [5.74, 6) is 0.656. The molecule has 0 aromatic heterocycles. The molecule has 0 radical (unpaired) electrons. The summed E-state index contributed by atoms with van der Waals surface area (Å²) in [6, 6.07) is 6.48. The van der Waals surface area contributed by atoms with Gasteiger partial charge >= 0.3 is 0 Å². The van der Waals surface area contributed by atoms with Crippen molar-refractivity contribution in [3.05, 3.63) is 23.8 Å². The van der Waals surface area contributed by atoms with Crippen LogP contribution in [0.4, 0.5) is 11.4 Å². The Hall–Kier alpha value is -1.18. The third-order valence-electron chi connectivity index (χ3n) is 3.17. The fourth-order valence-electron chi connectivity index (χ4n) is 1.61. The molecule has 84 valence electrons. The lowest BCUT2D eigenvalue weighted by molar-refractivity contribution is 0.494. The first-order valence-electron chi connectivity index (χ1n) is 5.67. The van der Waals surface area contributed by atoms with Crippen molar-refractivity contribution >= 4 is 11.4 Å². The lowest BCUT2D eigenvalue weighted by Crippen LogP contribution is -2.24. The van der Waals surface area contributed by atoms with E-state index in [1.165, 1.54) is 12.0 Å². The maximum absolute atomic E-state index is 5.95. The molecule has 0 saturated heterocycles. The molecule has 0 aliphatic rings. The van der Waals surface area contributed by atoms with Gasteiger partial charge in [0.05, 0.1) is 11.4 Å². The summed E-state index contributed by atoms with van der Waals surface area (Å²) in [6.45, 7) is 8.76. The van der Waals surface area contributed by atoms with Crippen LogP contribution < -0.4 is 11.1 Å². The number of nitrogens with two attached hydrogens (primary N) is 1. The van der Waals surface area contributed by atoms with E-state index in [2.05, 4.69) is 39.1 Å². The fourth-order valence-corrected chi connectivity index (χ4v) is 1.61. The zero-order valence-corrected chi connectivity index (χ0v) is 10.2. The van der Waals surface area contributed by atoms with Crippen LogP contribution in [0.2, 0.25) is 0 Å². The van der Waals surface area contributed by atoms with Gasteiger partial charge < -0.3 is 11.1 Å². The summed E-state index contributed by atoms with van der Waals surface area (Å²) in [5.41, 5.74) is 9.09. The molecule has 0 amide bonds. The lowest BCUT2D eigenvalue weighted by Gasteiger charge is -2.23. The molecule has 1 rings (SSSR count). The van der Waals surface area contributed by atoms with E-state index >= 15 is 0 Å². The highest BCUT2D eigenvalue weighted by Crippen LogP contribution is 2.25. The number of anilines is 2. The van der Waals surface area contributed by atoms with Crippen LogP contribution in [0.25, 0.3) is 0 Å². The van der Waals surface area contributed by atoms with Crippen molar-refractivity contribution in [1.29, 1.82) is 0 Å². The van der Waals surface area contributed by atoms with Gasteiger partial charge in [-0.15, -0.1) is 0 Å². The largest absolute Gasteiger partial charge is 0.397 e. The third-order valence-corrected chi connectivity index (χ3v) is 3.17. The maximum atomic E-state index is 5.95. The van der Waals surface area contributed by atoms with Gasteiger partial charge in [-0.05, 0) is 31.4 Å². The SMILES string of the molecule is CCC(C)C(C)Nc1c(C)cccc1N. The number of aryl methyl sites for hydroxylation is 1. The highest BCUT2D eigenvalue weighted by molar-refractivity contribution is 5.70. The van der Waals surface area contributed by atoms with Crippen LogP contribution in [-0.2, 0) is 0 Å². The maximum Gasteiger partial charge on any atom is 0.0605 e. The van der Waals surface area contributed by atoms with E-state index in [-0.39, 0.29) is 0 Å². The number of hydrogen-bond acceptors (Lipinski definition) is 2. The van der Waals surface area contributed by atoms with Crippen LogP contribution in [0.3, 0.4) is 0 Å². The molecule has 15 heavy (non-hydrogen) atoms. The standard InChI is InChI=1S/C13H22N2/c1-5-9(2)11(4)15-13-10(3)7-6-8-12(13)14/h6-9,11,15H,5,14H2,1-4H3. The summed E-state index contributed by atoms with van der Waals surface area (Å²) >= 11 is 0. The molecule has 2 atom stereocenters. The molecule has 0 heterocycles. The van der Waals surface area contributed by atoms with Crippen LogP contribution in [0.5, 0.6) is 0 Å². The minimum atomic E-state index is 0.457. The number of para-hydroxylation sites is 1. The normalized spacial score (nSPS) is 14.7. The number of nitrogens with one attached hydrogen (secondary N) is 1. The second-order valence-corrected chi connectivity index (χ2v) is 4.36. The van der Waals surface area contributed by atoms with Gasteiger partial charge in [-0.25, -0.2) is 0 Å². The van der Waals surface area contributed by atoms with Crippen molar-refractivity contribution in [2.24, 2.45) is 5.92 Å². The minimum Gasteiger partial charge on any atom is -0.397 e. The van der Waals surface area contributed by atoms with Gasteiger partial charge in [0.2, 0.25) is 0 Å². The van der Waals surface area contributed by atoms with Crippen LogP contribution in [0, 0.1) is 12.8 Å². The van der Waals surface area contributed by atoms with E-state index in [0.717, 1.165) is 11.4 Å². The Morgan fingerprint density at radius 1 is 1.33 bits per heavy atom. The lowest BCUT2D eigenvalue weighted by atomic mass is 10.00. The van der Waals surface area contributed by atoms with Crippen molar-refractivity contribution in [3.63, 3.8) is 0 Å². The monoisotopic (exact) mass is 206 g/mol. The van der Waals surface area contributed by atoms with E-state index < -0.39 is 0 Å². The Kier molecular flexibility index (Phi) is 4.01. The second-order valence-electron chi connectivity index (χ2n) is 4.36. The summed E-state index contributed by atoms with van der Waals surface area (Å²) in [7, 11) is 0. The van der Waals surface area contributed by atoms with Gasteiger partial charge in [0.1, 0.15) is 0 Å². The molecular weight excluding hydrogens is 184 g/mol. The van der Waals surface area contributed by atoms with Crippen LogP contribution in [0.1, 0.15) is 32.8 Å². The van der Waals surface area contributed by atoms with Crippen molar-refractivity contribution in [1.82, 2.24) is 0 Å². The van der Waals surface area contributed by atoms with Crippen LogP contribution >= 0.6 is 0 Å². The molecule has 0 aliphatic heterocycles. The molecule has 2 unspecified atom stereocenters. The Labute approximate surface area is 92.9 Å². The van der Waals surface area contributed by atoms with Gasteiger partial charge in [0, 0.05) is 6.04 Å². The minimum absolute atomic E-state index is 0.457. The fraction of sp³-hybridized carbons (Fsp3) is 0.538. The van der Waals surface area contributed by atoms with Gasteiger partial charge in [0.25, 0.3) is 0 Å². The average Bonchev–Trinajstić information content (AvgIpc) is 2.22. The van der Waals surface area contributed by atoms with Crippen molar-refractivity contribution in [3.8, 4) is 0 Å². The number of benzene rings is 1. The van der Waals surface area contributed by atoms with E-state index in [1.54, 1.807) is 0 Å². The molecule has 0 saturated carbocycles. The van der Waals surface area contributed by atoms with Gasteiger partial charge in [-0.2, -0.15) is 0 Å². The molecule has 3 N–H and O–H groups in total. The Bertz CT molecular complexity index is 300. The summed E-state index contributed by atoms with van der Waals surface area (Å²) in [5, 5.41) is 3.50. The Morgan fingerprint density at radius 2 is 2.00 bits per heavy atom. The Balaban J connectivity index is 2.80. The van der Waals surface area contributed by atoms with Gasteiger partial charge in [-0.1, -0.05) is 32.4 Å². The van der Waals surface area contributed by atoms with E-state index in [1.807, 2.05) is 12.1 Å². The highest BCUT2D eigenvalue weighted by atomic mass is 14.9. The zero-order valence-electron chi connectivity index (χ0n) is 10.2. The molecule has 0 bridgehead atoms. The Morgan fingerprint density at radius 3 is 2.53 bits per heavy atom.